The molecule has 0 unspecified atom stereocenters. The molecule has 1 amide bonds. The van der Waals surface area contributed by atoms with E-state index < -0.39 is 11.6 Å². The van der Waals surface area contributed by atoms with Crippen LogP contribution in [-0.4, -0.2) is 28.9 Å². The van der Waals surface area contributed by atoms with E-state index in [0.717, 1.165) is 22.7 Å². The van der Waals surface area contributed by atoms with Crippen LogP contribution < -0.4 is 4.74 Å². The molecule has 146 valence electrons. The molecule has 0 radical (unpaired) electrons. The first kappa shape index (κ1) is 19.9. The molecule has 0 aliphatic rings. The van der Waals surface area contributed by atoms with E-state index in [2.05, 4.69) is 4.98 Å². The predicted octanol–water partition coefficient (Wildman–Crippen LogP) is 5.15. The minimum Gasteiger partial charge on any atom is -0.489 e. The summed E-state index contributed by atoms with van der Waals surface area (Å²) in [6.45, 7) is 5.30. The summed E-state index contributed by atoms with van der Waals surface area (Å²) in [6, 6.07) is 10.9. The second kappa shape index (κ2) is 8.93. The van der Waals surface area contributed by atoms with Crippen molar-refractivity contribution in [2.45, 2.75) is 20.5 Å². The molecule has 0 atom stereocenters. The lowest BCUT2D eigenvalue weighted by molar-refractivity contribution is 0.0768. The summed E-state index contributed by atoms with van der Waals surface area (Å²) >= 11 is 1.41. The molecule has 7 heteroatoms. The van der Waals surface area contributed by atoms with Crippen LogP contribution in [0.15, 0.2) is 47.8 Å². The van der Waals surface area contributed by atoms with Crippen molar-refractivity contribution in [3.8, 4) is 16.3 Å². The summed E-state index contributed by atoms with van der Waals surface area (Å²) in [6.07, 6.45) is 0. The minimum absolute atomic E-state index is 0.0704. The van der Waals surface area contributed by atoms with Crippen molar-refractivity contribution < 1.29 is 18.3 Å². The molecule has 1 heterocycles. The maximum Gasteiger partial charge on any atom is 0.273 e. The molecule has 0 N–H and O–H groups in total. The maximum absolute atomic E-state index is 13.2. The SMILES string of the molecule is CCN(CC)C(=O)c1csc(-c2ccc(OCc3ccc(F)c(F)c3)cc2)n1. The van der Waals surface area contributed by atoms with Gasteiger partial charge in [-0.15, -0.1) is 11.3 Å². The number of carbonyl (C=O) groups is 1. The summed E-state index contributed by atoms with van der Waals surface area (Å²) in [4.78, 5) is 18.5. The number of hydrogen-bond donors (Lipinski definition) is 0. The van der Waals surface area contributed by atoms with Gasteiger partial charge in [0.1, 0.15) is 23.1 Å². The molecule has 3 rings (SSSR count). The zero-order chi connectivity index (χ0) is 20.1. The van der Waals surface area contributed by atoms with Gasteiger partial charge >= 0.3 is 0 Å². The number of carbonyl (C=O) groups excluding carboxylic acids is 1. The van der Waals surface area contributed by atoms with Gasteiger partial charge in [-0.2, -0.15) is 0 Å². The van der Waals surface area contributed by atoms with Crippen LogP contribution in [0.5, 0.6) is 5.75 Å². The van der Waals surface area contributed by atoms with Crippen LogP contribution in [0.1, 0.15) is 29.9 Å². The molecule has 1 aromatic heterocycles. The molecule has 28 heavy (non-hydrogen) atoms. The number of halogens is 2. The third-order valence-electron chi connectivity index (χ3n) is 4.26. The molecule has 0 saturated heterocycles. The fourth-order valence-electron chi connectivity index (χ4n) is 2.67. The van der Waals surface area contributed by atoms with Crippen LogP contribution in [0.3, 0.4) is 0 Å². The lowest BCUT2D eigenvalue weighted by atomic mass is 10.2. The van der Waals surface area contributed by atoms with Crippen molar-refractivity contribution in [3.63, 3.8) is 0 Å². The van der Waals surface area contributed by atoms with Crippen molar-refractivity contribution in [1.82, 2.24) is 9.88 Å². The van der Waals surface area contributed by atoms with Gasteiger partial charge in [-0.05, 0) is 55.8 Å². The number of amides is 1. The van der Waals surface area contributed by atoms with E-state index in [1.807, 2.05) is 26.0 Å². The van der Waals surface area contributed by atoms with Crippen LogP contribution in [0, 0.1) is 11.6 Å². The van der Waals surface area contributed by atoms with Gasteiger partial charge in [-0.3, -0.25) is 4.79 Å². The lowest BCUT2D eigenvalue weighted by Gasteiger charge is -2.16. The lowest BCUT2D eigenvalue weighted by Crippen LogP contribution is -2.30. The summed E-state index contributed by atoms with van der Waals surface area (Å²) < 4.78 is 31.8. The summed E-state index contributed by atoms with van der Waals surface area (Å²) in [5.74, 6) is -1.24. The van der Waals surface area contributed by atoms with Crippen LogP contribution in [0.25, 0.3) is 10.6 Å². The molecule has 4 nitrogen and oxygen atoms in total. The number of nitrogens with zero attached hydrogens (tertiary/aromatic N) is 2. The standard InChI is InChI=1S/C21H20F2N2O2S/c1-3-25(4-2)21(26)19-13-28-20(24-19)15-6-8-16(9-7-15)27-12-14-5-10-17(22)18(23)11-14/h5-11,13H,3-4,12H2,1-2H3. The predicted molar refractivity (Wildman–Crippen MR) is 105 cm³/mol. The fraction of sp³-hybridized carbons (Fsp3) is 0.238. The Labute approximate surface area is 166 Å². The van der Waals surface area contributed by atoms with E-state index in [9.17, 15) is 13.6 Å². The number of hydrogen-bond acceptors (Lipinski definition) is 4. The molecular weight excluding hydrogens is 382 g/mol. The zero-order valence-electron chi connectivity index (χ0n) is 15.6. The van der Waals surface area contributed by atoms with Gasteiger partial charge in [-0.25, -0.2) is 13.8 Å². The van der Waals surface area contributed by atoms with Gasteiger partial charge in [0.25, 0.3) is 5.91 Å². The van der Waals surface area contributed by atoms with Crippen LogP contribution >= 0.6 is 11.3 Å². The summed E-state index contributed by atoms with van der Waals surface area (Å²) in [7, 11) is 0. The Morgan fingerprint density at radius 1 is 1.07 bits per heavy atom. The zero-order valence-corrected chi connectivity index (χ0v) is 16.4. The van der Waals surface area contributed by atoms with Crippen LogP contribution in [0.2, 0.25) is 0 Å². The summed E-state index contributed by atoms with van der Waals surface area (Å²) in [5.41, 5.74) is 1.87. The second-order valence-corrected chi connectivity index (χ2v) is 6.93. The molecular formula is C21H20F2N2O2S. The van der Waals surface area contributed by atoms with Crippen LogP contribution in [0.4, 0.5) is 8.78 Å². The third kappa shape index (κ3) is 4.54. The first-order valence-electron chi connectivity index (χ1n) is 8.93. The summed E-state index contributed by atoms with van der Waals surface area (Å²) in [5, 5.41) is 2.52. The second-order valence-electron chi connectivity index (χ2n) is 6.08. The highest BCUT2D eigenvalue weighted by Crippen LogP contribution is 2.26. The molecule has 0 fully saturated rings. The highest BCUT2D eigenvalue weighted by atomic mass is 32.1. The Balaban J connectivity index is 1.66. The maximum atomic E-state index is 13.2. The average Bonchev–Trinajstić information content (AvgIpc) is 3.20. The van der Waals surface area contributed by atoms with Gasteiger partial charge < -0.3 is 9.64 Å². The smallest absolute Gasteiger partial charge is 0.273 e. The number of thiazole rings is 1. The number of aromatic nitrogens is 1. The van der Waals surface area contributed by atoms with Gasteiger partial charge in [0.05, 0.1) is 0 Å². The van der Waals surface area contributed by atoms with Crippen molar-refractivity contribution >= 4 is 17.2 Å². The van der Waals surface area contributed by atoms with E-state index in [1.54, 1.807) is 22.4 Å². The van der Waals surface area contributed by atoms with Crippen molar-refractivity contribution in [1.29, 1.82) is 0 Å². The van der Waals surface area contributed by atoms with E-state index in [0.29, 0.717) is 30.1 Å². The Morgan fingerprint density at radius 2 is 1.79 bits per heavy atom. The topological polar surface area (TPSA) is 42.4 Å². The Bertz CT molecular complexity index is 953. The number of rotatable bonds is 7. The molecule has 0 bridgehead atoms. The van der Waals surface area contributed by atoms with E-state index in [4.69, 9.17) is 4.74 Å². The molecule has 0 aliphatic carbocycles. The monoisotopic (exact) mass is 402 g/mol. The first-order chi connectivity index (χ1) is 13.5. The molecule has 3 aromatic rings. The van der Waals surface area contributed by atoms with Gasteiger partial charge in [0.15, 0.2) is 11.6 Å². The van der Waals surface area contributed by atoms with Crippen molar-refractivity contribution in [3.05, 3.63) is 70.7 Å². The number of ether oxygens (including phenoxy) is 1. The Morgan fingerprint density at radius 3 is 2.43 bits per heavy atom. The quantitative estimate of drug-likeness (QED) is 0.549. The van der Waals surface area contributed by atoms with E-state index in [1.165, 1.54) is 17.4 Å². The Kier molecular flexibility index (Phi) is 6.36. The molecule has 0 spiro atoms. The van der Waals surface area contributed by atoms with Gasteiger partial charge in [0.2, 0.25) is 0 Å². The Hall–Kier alpha value is -2.80. The highest BCUT2D eigenvalue weighted by Gasteiger charge is 2.16. The third-order valence-corrected chi connectivity index (χ3v) is 5.16. The first-order valence-corrected chi connectivity index (χ1v) is 9.81. The van der Waals surface area contributed by atoms with E-state index in [-0.39, 0.29) is 12.5 Å². The average molecular weight is 402 g/mol. The van der Waals surface area contributed by atoms with Gasteiger partial charge in [0, 0.05) is 24.0 Å². The fourth-order valence-corrected chi connectivity index (χ4v) is 3.47. The van der Waals surface area contributed by atoms with Crippen LogP contribution in [-0.2, 0) is 6.61 Å². The van der Waals surface area contributed by atoms with Gasteiger partial charge in [-0.1, -0.05) is 6.07 Å². The molecule has 2 aromatic carbocycles. The normalized spacial score (nSPS) is 10.7. The largest absolute Gasteiger partial charge is 0.489 e. The van der Waals surface area contributed by atoms with Crippen molar-refractivity contribution in [2.24, 2.45) is 0 Å². The molecule has 0 aliphatic heterocycles. The number of benzene rings is 2. The highest BCUT2D eigenvalue weighted by molar-refractivity contribution is 7.13. The minimum atomic E-state index is -0.893. The van der Waals surface area contributed by atoms with Crippen molar-refractivity contribution in [2.75, 3.05) is 13.1 Å². The molecule has 0 saturated carbocycles. The van der Waals surface area contributed by atoms with E-state index >= 15 is 0 Å².